The molecule has 100 valence electrons. The molecule has 1 atom stereocenters. The lowest BCUT2D eigenvalue weighted by atomic mass is 10.1. The number of benzene rings is 1. The Morgan fingerprint density at radius 3 is 2.28 bits per heavy atom. The summed E-state index contributed by atoms with van der Waals surface area (Å²) in [6.45, 7) is 4.94. The molecule has 0 heterocycles. The standard InChI is InChI=1S/C14H21NO3/c1-10(2)9-15-13(14(16)18-4)11-5-7-12(17-3)8-6-11/h5-8,10,13,15H,9H2,1-4H3. The number of hydrogen-bond donors (Lipinski definition) is 1. The highest BCUT2D eigenvalue weighted by molar-refractivity contribution is 5.77. The van der Waals surface area contributed by atoms with Crippen LogP contribution in [0.1, 0.15) is 25.5 Å². The summed E-state index contributed by atoms with van der Waals surface area (Å²) in [6.07, 6.45) is 0. The molecule has 18 heavy (non-hydrogen) atoms. The molecule has 1 rings (SSSR count). The van der Waals surface area contributed by atoms with E-state index in [1.54, 1.807) is 7.11 Å². The number of carbonyl (C=O) groups is 1. The van der Waals surface area contributed by atoms with Crippen molar-refractivity contribution in [2.75, 3.05) is 20.8 Å². The Labute approximate surface area is 108 Å². The number of carbonyl (C=O) groups excluding carboxylic acids is 1. The zero-order chi connectivity index (χ0) is 13.5. The Morgan fingerprint density at radius 1 is 1.22 bits per heavy atom. The Hall–Kier alpha value is -1.55. The van der Waals surface area contributed by atoms with Gasteiger partial charge in [-0.2, -0.15) is 0 Å². The molecule has 0 aliphatic carbocycles. The molecule has 0 radical (unpaired) electrons. The van der Waals surface area contributed by atoms with E-state index in [2.05, 4.69) is 19.2 Å². The van der Waals surface area contributed by atoms with Gasteiger partial charge in [-0.15, -0.1) is 0 Å². The summed E-state index contributed by atoms with van der Waals surface area (Å²) in [7, 11) is 3.01. The van der Waals surface area contributed by atoms with E-state index >= 15 is 0 Å². The van der Waals surface area contributed by atoms with Crippen molar-refractivity contribution in [3.63, 3.8) is 0 Å². The van der Waals surface area contributed by atoms with Crippen LogP contribution < -0.4 is 10.1 Å². The van der Waals surface area contributed by atoms with Gasteiger partial charge in [0, 0.05) is 0 Å². The average Bonchev–Trinajstić information content (AvgIpc) is 2.39. The van der Waals surface area contributed by atoms with E-state index in [0.717, 1.165) is 17.9 Å². The summed E-state index contributed by atoms with van der Waals surface area (Å²) in [4.78, 5) is 11.8. The SMILES string of the molecule is COC(=O)C(NCC(C)C)c1ccc(OC)cc1. The third-order valence-electron chi connectivity index (χ3n) is 2.62. The molecule has 1 N–H and O–H groups in total. The minimum atomic E-state index is -0.427. The predicted octanol–water partition coefficient (Wildman–Crippen LogP) is 2.15. The van der Waals surface area contributed by atoms with Crippen LogP contribution in [-0.2, 0) is 9.53 Å². The van der Waals surface area contributed by atoms with Gasteiger partial charge in [0.2, 0.25) is 0 Å². The summed E-state index contributed by atoms with van der Waals surface area (Å²) >= 11 is 0. The van der Waals surface area contributed by atoms with Crippen LogP contribution in [0.5, 0.6) is 5.75 Å². The van der Waals surface area contributed by atoms with Gasteiger partial charge in [-0.3, -0.25) is 0 Å². The number of nitrogens with one attached hydrogen (secondary N) is 1. The molecule has 1 unspecified atom stereocenters. The van der Waals surface area contributed by atoms with Crippen molar-refractivity contribution in [2.45, 2.75) is 19.9 Å². The monoisotopic (exact) mass is 251 g/mol. The molecule has 0 amide bonds. The predicted molar refractivity (Wildman–Crippen MR) is 70.6 cm³/mol. The lowest BCUT2D eigenvalue weighted by Crippen LogP contribution is -2.32. The number of ether oxygens (including phenoxy) is 2. The number of methoxy groups -OCH3 is 2. The van der Waals surface area contributed by atoms with E-state index in [-0.39, 0.29) is 5.97 Å². The van der Waals surface area contributed by atoms with Crippen molar-refractivity contribution in [3.05, 3.63) is 29.8 Å². The van der Waals surface area contributed by atoms with E-state index in [1.807, 2.05) is 24.3 Å². The van der Waals surface area contributed by atoms with Gasteiger partial charge in [0.25, 0.3) is 0 Å². The van der Waals surface area contributed by atoms with Crippen LogP contribution in [-0.4, -0.2) is 26.7 Å². The van der Waals surface area contributed by atoms with Crippen molar-refractivity contribution < 1.29 is 14.3 Å². The minimum Gasteiger partial charge on any atom is -0.497 e. The van der Waals surface area contributed by atoms with Crippen LogP contribution in [0.15, 0.2) is 24.3 Å². The Bertz CT molecular complexity index is 373. The van der Waals surface area contributed by atoms with E-state index in [4.69, 9.17) is 9.47 Å². The van der Waals surface area contributed by atoms with Gasteiger partial charge in [0.05, 0.1) is 14.2 Å². The molecule has 0 saturated carbocycles. The largest absolute Gasteiger partial charge is 0.497 e. The minimum absolute atomic E-state index is 0.277. The van der Waals surface area contributed by atoms with E-state index in [9.17, 15) is 4.79 Å². The van der Waals surface area contributed by atoms with Gasteiger partial charge in [0.15, 0.2) is 0 Å². The molecule has 0 saturated heterocycles. The van der Waals surface area contributed by atoms with Gasteiger partial charge in [-0.05, 0) is 30.2 Å². The molecule has 0 aromatic heterocycles. The topological polar surface area (TPSA) is 47.6 Å². The number of esters is 1. The van der Waals surface area contributed by atoms with Crippen molar-refractivity contribution >= 4 is 5.97 Å². The Balaban J connectivity index is 2.83. The number of rotatable bonds is 6. The fraction of sp³-hybridized carbons (Fsp3) is 0.500. The van der Waals surface area contributed by atoms with Crippen LogP contribution in [0.25, 0.3) is 0 Å². The third-order valence-corrected chi connectivity index (χ3v) is 2.62. The average molecular weight is 251 g/mol. The van der Waals surface area contributed by atoms with Crippen LogP contribution in [0.2, 0.25) is 0 Å². The molecular formula is C14H21NO3. The second-order valence-corrected chi connectivity index (χ2v) is 4.53. The fourth-order valence-corrected chi connectivity index (χ4v) is 1.61. The maximum atomic E-state index is 11.8. The van der Waals surface area contributed by atoms with Gasteiger partial charge < -0.3 is 14.8 Å². The van der Waals surface area contributed by atoms with Gasteiger partial charge in [-0.1, -0.05) is 26.0 Å². The second kappa shape index (κ2) is 7.01. The molecule has 0 aliphatic heterocycles. The first-order valence-corrected chi connectivity index (χ1v) is 6.03. The first kappa shape index (κ1) is 14.5. The normalized spacial score (nSPS) is 12.3. The third kappa shape index (κ3) is 4.04. The molecule has 1 aromatic rings. The van der Waals surface area contributed by atoms with Crippen LogP contribution in [0, 0.1) is 5.92 Å². The van der Waals surface area contributed by atoms with Crippen LogP contribution >= 0.6 is 0 Å². The van der Waals surface area contributed by atoms with Crippen LogP contribution in [0.4, 0.5) is 0 Å². The molecule has 0 aliphatic rings. The fourth-order valence-electron chi connectivity index (χ4n) is 1.61. The van der Waals surface area contributed by atoms with Crippen molar-refractivity contribution in [1.29, 1.82) is 0 Å². The summed E-state index contributed by atoms with van der Waals surface area (Å²) in [6, 6.07) is 6.98. The van der Waals surface area contributed by atoms with Crippen molar-refractivity contribution in [2.24, 2.45) is 5.92 Å². The summed E-state index contributed by atoms with van der Waals surface area (Å²) < 4.78 is 9.92. The van der Waals surface area contributed by atoms with Crippen LogP contribution in [0.3, 0.4) is 0 Å². The Morgan fingerprint density at radius 2 is 1.83 bits per heavy atom. The van der Waals surface area contributed by atoms with Gasteiger partial charge in [0.1, 0.15) is 11.8 Å². The highest BCUT2D eigenvalue weighted by atomic mass is 16.5. The summed E-state index contributed by atoms with van der Waals surface area (Å²) in [5.74, 6) is 0.961. The molecule has 0 spiro atoms. The molecule has 0 fully saturated rings. The first-order chi connectivity index (χ1) is 8.58. The quantitative estimate of drug-likeness (QED) is 0.787. The maximum Gasteiger partial charge on any atom is 0.327 e. The molecule has 1 aromatic carbocycles. The second-order valence-electron chi connectivity index (χ2n) is 4.53. The molecule has 4 nitrogen and oxygen atoms in total. The molecule has 4 heteroatoms. The van der Waals surface area contributed by atoms with Crippen molar-refractivity contribution in [1.82, 2.24) is 5.32 Å². The Kier molecular flexibility index (Phi) is 5.65. The van der Waals surface area contributed by atoms with E-state index in [0.29, 0.717) is 5.92 Å². The number of hydrogen-bond acceptors (Lipinski definition) is 4. The molecule has 0 bridgehead atoms. The van der Waals surface area contributed by atoms with Gasteiger partial charge in [-0.25, -0.2) is 4.79 Å². The zero-order valence-electron chi connectivity index (χ0n) is 11.4. The van der Waals surface area contributed by atoms with Gasteiger partial charge >= 0.3 is 5.97 Å². The summed E-state index contributed by atoms with van der Waals surface area (Å²) in [5.41, 5.74) is 0.878. The van der Waals surface area contributed by atoms with E-state index in [1.165, 1.54) is 7.11 Å². The smallest absolute Gasteiger partial charge is 0.327 e. The zero-order valence-corrected chi connectivity index (χ0v) is 11.4. The first-order valence-electron chi connectivity index (χ1n) is 6.03. The molecular weight excluding hydrogens is 230 g/mol. The van der Waals surface area contributed by atoms with Crippen molar-refractivity contribution in [3.8, 4) is 5.75 Å². The van der Waals surface area contributed by atoms with E-state index < -0.39 is 6.04 Å². The maximum absolute atomic E-state index is 11.8. The lowest BCUT2D eigenvalue weighted by Gasteiger charge is -2.18. The lowest BCUT2D eigenvalue weighted by molar-refractivity contribution is -0.143. The highest BCUT2D eigenvalue weighted by Gasteiger charge is 2.20. The highest BCUT2D eigenvalue weighted by Crippen LogP contribution is 2.19. The summed E-state index contributed by atoms with van der Waals surface area (Å²) in [5, 5.41) is 3.21.